The van der Waals surface area contributed by atoms with Crippen molar-refractivity contribution in [3.63, 3.8) is 0 Å². The van der Waals surface area contributed by atoms with Gasteiger partial charge in [-0.3, -0.25) is 4.40 Å². The molecule has 0 amide bonds. The molecule has 0 unspecified atom stereocenters. The normalized spacial score (nSPS) is 15.0. The molecular weight excluding hydrogens is 408 g/mol. The van der Waals surface area contributed by atoms with Gasteiger partial charge in [-0.05, 0) is 49.4 Å². The van der Waals surface area contributed by atoms with Crippen molar-refractivity contribution in [3.8, 4) is 22.4 Å². The van der Waals surface area contributed by atoms with E-state index in [2.05, 4.69) is 70.1 Å². The number of anilines is 1. The molecule has 0 saturated heterocycles. The summed E-state index contributed by atoms with van der Waals surface area (Å²) in [6.45, 7) is 2.83. The average Bonchev–Trinajstić information content (AvgIpc) is 3.26. The first-order valence-electron chi connectivity index (χ1n) is 11.5. The van der Waals surface area contributed by atoms with Crippen LogP contribution in [0, 0.1) is 0 Å². The molecule has 164 valence electrons. The van der Waals surface area contributed by atoms with Gasteiger partial charge in [-0.2, -0.15) is 0 Å². The van der Waals surface area contributed by atoms with Gasteiger partial charge in [-0.1, -0.05) is 54.6 Å². The lowest BCUT2D eigenvalue weighted by atomic mass is 9.72. The van der Waals surface area contributed by atoms with Gasteiger partial charge in [0.25, 0.3) is 0 Å². The molecule has 3 heterocycles. The minimum absolute atomic E-state index is 0.166. The lowest BCUT2D eigenvalue weighted by Gasteiger charge is -2.38. The van der Waals surface area contributed by atoms with E-state index in [1.165, 1.54) is 12.0 Å². The smallest absolute Gasteiger partial charge is 0.229 e. The summed E-state index contributed by atoms with van der Waals surface area (Å²) in [6.07, 6.45) is 5.29. The number of nitrogens with zero attached hydrogens (tertiary/aromatic N) is 4. The molecule has 1 saturated carbocycles. The molecule has 33 heavy (non-hydrogen) atoms. The Bertz CT molecular complexity index is 1450. The minimum atomic E-state index is -0.166. The van der Waals surface area contributed by atoms with Crippen LogP contribution >= 0.6 is 0 Å². The third kappa shape index (κ3) is 3.26. The number of rotatable bonds is 5. The molecule has 0 bridgehead atoms. The largest absolute Gasteiger partial charge is 0.354 e. The second-order valence-corrected chi connectivity index (χ2v) is 8.83. The van der Waals surface area contributed by atoms with Crippen LogP contribution in [0.15, 0.2) is 72.9 Å². The Kier molecular flexibility index (Phi) is 4.62. The molecule has 1 aliphatic rings. The fourth-order valence-corrected chi connectivity index (χ4v) is 4.74. The van der Waals surface area contributed by atoms with E-state index >= 15 is 0 Å². The van der Waals surface area contributed by atoms with Crippen molar-refractivity contribution in [1.82, 2.24) is 19.6 Å². The van der Waals surface area contributed by atoms with Crippen LogP contribution in [0.2, 0.25) is 0 Å². The molecule has 6 rings (SSSR count). The summed E-state index contributed by atoms with van der Waals surface area (Å²) >= 11 is 0. The third-order valence-corrected chi connectivity index (χ3v) is 6.77. The van der Waals surface area contributed by atoms with Gasteiger partial charge < -0.3 is 11.1 Å². The highest BCUT2D eigenvalue weighted by Crippen LogP contribution is 2.40. The monoisotopic (exact) mass is 434 g/mol. The Morgan fingerprint density at radius 2 is 1.76 bits per heavy atom. The van der Waals surface area contributed by atoms with Gasteiger partial charge in [0.1, 0.15) is 0 Å². The SMILES string of the molecule is CCNc1nnc2c3cc(-c4ccccc4)c(-c4ccc(C5(N)CCC5)cc4)nc3ccn12. The highest BCUT2D eigenvalue weighted by Gasteiger charge is 2.34. The summed E-state index contributed by atoms with van der Waals surface area (Å²) in [5, 5.41) is 13.0. The van der Waals surface area contributed by atoms with Crippen LogP contribution in [-0.2, 0) is 5.54 Å². The van der Waals surface area contributed by atoms with Gasteiger partial charge in [-0.15, -0.1) is 10.2 Å². The first-order chi connectivity index (χ1) is 16.2. The molecule has 0 aliphatic heterocycles. The van der Waals surface area contributed by atoms with E-state index in [-0.39, 0.29) is 5.54 Å². The number of hydrogen-bond acceptors (Lipinski definition) is 5. The molecule has 0 atom stereocenters. The van der Waals surface area contributed by atoms with E-state index in [0.717, 1.165) is 64.3 Å². The van der Waals surface area contributed by atoms with E-state index in [1.807, 2.05) is 29.7 Å². The highest BCUT2D eigenvalue weighted by molar-refractivity contribution is 5.98. The molecule has 1 aliphatic carbocycles. The average molecular weight is 435 g/mol. The van der Waals surface area contributed by atoms with Crippen LogP contribution in [0.25, 0.3) is 38.9 Å². The first kappa shape index (κ1) is 19.9. The van der Waals surface area contributed by atoms with Crippen LogP contribution < -0.4 is 11.1 Å². The van der Waals surface area contributed by atoms with Crippen molar-refractivity contribution in [3.05, 3.63) is 78.5 Å². The number of fused-ring (bicyclic) bond motifs is 3. The predicted octanol–water partition coefficient (Wildman–Crippen LogP) is 5.38. The molecule has 6 nitrogen and oxygen atoms in total. The van der Waals surface area contributed by atoms with Crippen molar-refractivity contribution >= 4 is 22.5 Å². The highest BCUT2D eigenvalue weighted by atomic mass is 15.3. The van der Waals surface area contributed by atoms with Gasteiger partial charge in [0, 0.05) is 34.8 Å². The van der Waals surface area contributed by atoms with Crippen molar-refractivity contribution in [2.24, 2.45) is 5.73 Å². The molecular formula is C27H26N6. The van der Waals surface area contributed by atoms with Crippen LogP contribution in [-0.4, -0.2) is 26.1 Å². The number of nitrogens with two attached hydrogens (primary N) is 1. The summed E-state index contributed by atoms with van der Waals surface area (Å²) in [5.74, 6) is 0.738. The van der Waals surface area contributed by atoms with Crippen molar-refractivity contribution in [2.75, 3.05) is 11.9 Å². The zero-order chi connectivity index (χ0) is 22.4. The lowest BCUT2D eigenvalue weighted by Crippen LogP contribution is -2.43. The Morgan fingerprint density at radius 1 is 0.970 bits per heavy atom. The zero-order valence-electron chi connectivity index (χ0n) is 18.6. The molecule has 5 aromatic rings. The van der Waals surface area contributed by atoms with E-state index in [9.17, 15) is 0 Å². The number of pyridine rings is 2. The maximum absolute atomic E-state index is 6.55. The maximum atomic E-state index is 6.55. The lowest BCUT2D eigenvalue weighted by molar-refractivity contribution is 0.253. The van der Waals surface area contributed by atoms with Gasteiger partial charge in [-0.25, -0.2) is 4.98 Å². The van der Waals surface area contributed by atoms with Crippen molar-refractivity contribution in [2.45, 2.75) is 31.7 Å². The van der Waals surface area contributed by atoms with Gasteiger partial charge >= 0.3 is 0 Å². The molecule has 6 heteroatoms. The van der Waals surface area contributed by atoms with Crippen molar-refractivity contribution in [1.29, 1.82) is 0 Å². The van der Waals surface area contributed by atoms with E-state index in [4.69, 9.17) is 10.7 Å². The Balaban J connectivity index is 1.55. The maximum Gasteiger partial charge on any atom is 0.229 e. The quantitative estimate of drug-likeness (QED) is 0.388. The van der Waals surface area contributed by atoms with Crippen molar-refractivity contribution < 1.29 is 0 Å². The Morgan fingerprint density at radius 3 is 2.45 bits per heavy atom. The minimum Gasteiger partial charge on any atom is -0.354 e. The Labute approximate surface area is 192 Å². The third-order valence-electron chi connectivity index (χ3n) is 6.77. The number of nitrogens with one attached hydrogen (secondary N) is 1. The molecule has 2 aromatic carbocycles. The van der Waals surface area contributed by atoms with E-state index < -0.39 is 0 Å². The van der Waals surface area contributed by atoms with Gasteiger partial charge in [0.2, 0.25) is 5.95 Å². The fourth-order valence-electron chi connectivity index (χ4n) is 4.74. The Hall–Kier alpha value is -3.77. The number of benzene rings is 2. The zero-order valence-corrected chi connectivity index (χ0v) is 18.6. The van der Waals surface area contributed by atoms with Crippen LogP contribution in [0.3, 0.4) is 0 Å². The summed E-state index contributed by atoms with van der Waals surface area (Å²) in [6, 6.07) is 23.3. The summed E-state index contributed by atoms with van der Waals surface area (Å²) in [4.78, 5) is 5.12. The number of hydrogen-bond donors (Lipinski definition) is 2. The molecule has 3 N–H and O–H groups in total. The number of aromatic nitrogens is 4. The van der Waals surface area contributed by atoms with Gasteiger partial charge in [0.15, 0.2) is 5.65 Å². The second-order valence-electron chi connectivity index (χ2n) is 8.83. The van der Waals surface area contributed by atoms with E-state index in [1.54, 1.807) is 0 Å². The summed E-state index contributed by atoms with van der Waals surface area (Å²) < 4.78 is 1.98. The molecule has 1 fully saturated rings. The molecule has 3 aromatic heterocycles. The fraction of sp³-hybridized carbons (Fsp3) is 0.222. The summed E-state index contributed by atoms with van der Waals surface area (Å²) in [5.41, 5.74) is 13.5. The topological polar surface area (TPSA) is 81.1 Å². The van der Waals surface area contributed by atoms with Crippen LogP contribution in [0.4, 0.5) is 5.95 Å². The van der Waals surface area contributed by atoms with E-state index in [0.29, 0.717) is 0 Å². The summed E-state index contributed by atoms with van der Waals surface area (Å²) in [7, 11) is 0. The molecule has 0 radical (unpaired) electrons. The van der Waals surface area contributed by atoms with Crippen LogP contribution in [0.1, 0.15) is 31.7 Å². The van der Waals surface area contributed by atoms with Crippen LogP contribution in [0.5, 0.6) is 0 Å². The molecule has 0 spiro atoms. The first-order valence-corrected chi connectivity index (χ1v) is 11.5. The predicted molar refractivity (Wildman–Crippen MR) is 133 cm³/mol. The standard InChI is InChI=1S/C27H26N6/c1-2-29-26-32-31-25-22-17-21(18-7-4-3-5-8-18)24(30-23(22)13-16-33(25)26)19-9-11-20(12-10-19)27(28)14-6-15-27/h3-5,7-13,16-17H,2,6,14-15,28H2,1H3,(H,29,32). The van der Waals surface area contributed by atoms with Gasteiger partial charge in [0.05, 0.1) is 11.2 Å². The second kappa shape index (κ2) is 7.67.